The van der Waals surface area contributed by atoms with Crippen LogP contribution in [0.2, 0.25) is 0 Å². The lowest BCUT2D eigenvalue weighted by molar-refractivity contribution is -0.156. The monoisotopic (exact) mass is 315 g/mol. The quantitative estimate of drug-likeness (QED) is 0.786. The molecule has 1 aromatic rings. The van der Waals surface area contributed by atoms with Gasteiger partial charge in [0, 0.05) is 19.4 Å². The summed E-state index contributed by atoms with van der Waals surface area (Å²) in [6, 6.07) is 0. The molecule has 1 aromatic heterocycles. The first-order valence-corrected chi connectivity index (χ1v) is 6.94. The molecule has 0 amide bonds. The van der Waals surface area contributed by atoms with E-state index in [1.54, 1.807) is 0 Å². The number of hydrogen-bond acceptors (Lipinski definition) is 4. The number of halogens is 1. The van der Waals surface area contributed by atoms with Crippen LogP contribution in [-0.2, 0) is 22.5 Å². The molecule has 100 valence electrons. The van der Waals surface area contributed by atoms with Gasteiger partial charge in [-0.25, -0.2) is 9.67 Å². The maximum atomic E-state index is 11.8. The van der Waals surface area contributed by atoms with E-state index in [9.17, 15) is 4.79 Å². The fourth-order valence-corrected chi connectivity index (χ4v) is 2.53. The Bertz CT molecular complexity index is 451. The number of aromatic nitrogens is 3. The number of carbonyl (C=O) groups excluding carboxylic acids is 1. The zero-order valence-corrected chi connectivity index (χ0v) is 12.5. The van der Waals surface area contributed by atoms with E-state index >= 15 is 0 Å². The first-order chi connectivity index (χ1) is 8.33. The first kappa shape index (κ1) is 13.5. The van der Waals surface area contributed by atoms with Crippen molar-refractivity contribution >= 4 is 21.9 Å². The highest BCUT2D eigenvalue weighted by molar-refractivity contribution is 9.10. The summed E-state index contributed by atoms with van der Waals surface area (Å²) in [5.74, 6) is 1.13. The average molecular weight is 316 g/mol. The first-order valence-electron chi connectivity index (χ1n) is 6.14. The van der Waals surface area contributed by atoms with Crippen LogP contribution in [0.25, 0.3) is 0 Å². The van der Waals surface area contributed by atoms with Gasteiger partial charge in [0.1, 0.15) is 11.4 Å². The number of esters is 1. The van der Waals surface area contributed by atoms with Crippen molar-refractivity contribution in [2.45, 2.75) is 52.2 Å². The minimum atomic E-state index is -0.408. The molecule has 1 aliphatic rings. The Morgan fingerprint density at radius 2 is 2.28 bits per heavy atom. The smallest absolute Gasteiger partial charge is 0.306 e. The molecule has 18 heavy (non-hydrogen) atoms. The lowest BCUT2D eigenvalue weighted by Gasteiger charge is -2.24. The number of rotatable bonds is 2. The predicted octanol–water partition coefficient (Wildman–Crippen LogP) is 2.33. The summed E-state index contributed by atoms with van der Waals surface area (Å²) in [6.45, 7) is 6.49. The van der Waals surface area contributed by atoms with E-state index in [0.717, 1.165) is 25.2 Å². The normalized spacial score (nSPS) is 19.4. The molecule has 6 heteroatoms. The molecular formula is C12H18BrN3O2. The number of aryl methyl sites for hydroxylation is 1. The number of carbonyl (C=O) groups is 1. The maximum Gasteiger partial charge on any atom is 0.306 e. The Balaban J connectivity index is 1.91. The molecule has 0 aromatic carbocycles. The zero-order valence-electron chi connectivity index (χ0n) is 10.9. The summed E-state index contributed by atoms with van der Waals surface area (Å²) in [5.41, 5.74) is -0.408. The van der Waals surface area contributed by atoms with Crippen LogP contribution in [-0.4, -0.2) is 26.3 Å². The summed E-state index contributed by atoms with van der Waals surface area (Å²) < 4.78 is 7.86. The predicted molar refractivity (Wildman–Crippen MR) is 70.0 cm³/mol. The van der Waals surface area contributed by atoms with Crippen LogP contribution in [0.4, 0.5) is 0 Å². The fourth-order valence-electron chi connectivity index (χ4n) is 2.13. The molecule has 1 unspecified atom stereocenters. The lowest BCUT2D eigenvalue weighted by Crippen LogP contribution is -2.28. The molecule has 1 aliphatic heterocycles. The van der Waals surface area contributed by atoms with Gasteiger partial charge >= 0.3 is 5.97 Å². The minimum Gasteiger partial charge on any atom is -0.460 e. The Kier molecular flexibility index (Phi) is 3.75. The van der Waals surface area contributed by atoms with E-state index in [2.05, 4.69) is 26.0 Å². The van der Waals surface area contributed by atoms with Gasteiger partial charge in [-0.3, -0.25) is 4.79 Å². The molecule has 2 rings (SSSR count). The van der Waals surface area contributed by atoms with Crippen molar-refractivity contribution in [1.82, 2.24) is 14.8 Å². The van der Waals surface area contributed by atoms with Crippen LogP contribution in [0.5, 0.6) is 0 Å². The molecule has 0 fully saturated rings. The summed E-state index contributed by atoms with van der Waals surface area (Å²) in [4.78, 5) is 16.1. The lowest BCUT2D eigenvalue weighted by atomic mass is 9.94. The van der Waals surface area contributed by atoms with Gasteiger partial charge in [-0.1, -0.05) is 0 Å². The molecular weight excluding hydrogens is 298 g/mol. The molecule has 0 spiro atoms. The standard InChI is InChI=1S/C12H18BrN3O2/c1-12(2,3)18-10(17)7-8-4-5-16-9(6-8)14-11(13)15-16/h8H,4-7H2,1-3H3. The van der Waals surface area contributed by atoms with E-state index in [0.29, 0.717) is 17.1 Å². The number of ether oxygens (including phenoxy) is 1. The molecule has 0 aliphatic carbocycles. The second-order valence-electron chi connectivity index (χ2n) is 5.67. The molecule has 0 N–H and O–H groups in total. The average Bonchev–Trinajstić information content (AvgIpc) is 2.53. The van der Waals surface area contributed by atoms with Gasteiger partial charge in [0.25, 0.3) is 0 Å². The van der Waals surface area contributed by atoms with Crippen molar-refractivity contribution in [3.05, 3.63) is 10.6 Å². The van der Waals surface area contributed by atoms with Gasteiger partial charge in [0.2, 0.25) is 4.73 Å². The van der Waals surface area contributed by atoms with E-state index in [-0.39, 0.29) is 5.97 Å². The van der Waals surface area contributed by atoms with Crippen LogP contribution < -0.4 is 0 Å². The maximum absolute atomic E-state index is 11.8. The van der Waals surface area contributed by atoms with Crippen LogP contribution in [0.1, 0.15) is 39.4 Å². The summed E-state index contributed by atoms with van der Waals surface area (Å²) in [7, 11) is 0. The van der Waals surface area contributed by atoms with Crippen LogP contribution in [0.3, 0.4) is 0 Å². The Morgan fingerprint density at radius 1 is 1.56 bits per heavy atom. The zero-order chi connectivity index (χ0) is 13.3. The summed E-state index contributed by atoms with van der Waals surface area (Å²) in [5, 5.41) is 4.23. The van der Waals surface area contributed by atoms with Crippen molar-refractivity contribution in [1.29, 1.82) is 0 Å². The van der Waals surface area contributed by atoms with Crippen LogP contribution in [0.15, 0.2) is 4.73 Å². The molecule has 0 saturated carbocycles. The third-order valence-corrected chi connectivity index (χ3v) is 3.15. The molecule has 0 bridgehead atoms. The second-order valence-corrected chi connectivity index (χ2v) is 6.38. The highest BCUT2D eigenvalue weighted by Gasteiger charge is 2.25. The van der Waals surface area contributed by atoms with Crippen molar-refractivity contribution in [3.63, 3.8) is 0 Å². The van der Waals surface area contributed by atoms with Crippen LogP contribution >= 0.6 is 15.9 Å². The Hall–Kier alpha value is -0.910. The van der Waals surface area contributed by atoms with Crippen molar-refractivity contribution in [3.8, 4) is 0 Å². The second kappa shape index (κ2) is 4.99. The van der Waals surface area contributed by atoms with E-state index in [1.165, 1.54) is 0 Å². The molecule has 0 radical (unpaired) electrons. The van der Waals surface area contributed by atoms with Gasteiger partial charge < -0.3 is 4.74 Å². The third-order valence-electron chi connectivity index (χ3n) is 2.82. The van der Waals surface area contributed by atoms with Crippen molar-refractivity contribution < 1.29 is 9.53 Å². The summed E-state index contributed by atoms with van der Waals surface area (Å²) >= 11 is 3.27. The molecule has 0 saturated heterocycles. The van der Waals surface area contributed by atoms with Gasteiger partial charge in [-0.05, 0) is 49.0 Å². The van der Waals surface area contributed by atoms with Crippen molar-refractivity contribution in [2.24, 2.45) is 5.92 Å². The largest absolute Gasteiger partial charge is 0.460 e. The Labute approximate surface area is 115 Å². The van der Waals surface area contributed by atoms with E-state index in [4.69, 9.17) is 4.74 Å². The number of nitrogens with zero attached hydrogens (tertiary/aromatic N) is 3. The van der Waals surface area contributed by atoms with Gasteiger partial charge in [-0.15, -0.1) is 5.10 Å². The SMILES string of the molecule is CC(C)(C)OC(=O)CC1CCn2nc(Br)nc2C1. The van der Waals surface area contributed by atoms with Gasteiger partial charge in [0.05, 0.1) is 0 Å². The van der Waals surface area contributed by atoms with Crippen molar-refractivity contribution in [2.75, 3.05) is 0 Å². The number of fused-ring (bicyclic) bond motifs is 1. The highest BCUT2D eigenvalue weighted by atomic mass is 79.9. The highest BCUT2D eigenvalue weighted by Crippen LogP contribution is 2.24. The van der Waals surface area contributed by atoms with Gasteiger partial charge in [-0.2, -0.15) is 0 Å². The third kappa shape index (κ3) is 3.54. The Morgan fingerprint density at radius 3 is 2.94 bits per heavy atom. The molecule has 1 atom stereocenters. The summed E-state index contributed by atoms with van der Waals surface area (Å²) in [6.07, 6.45) is 2.20. The molecule has 5 nitrogen and oxygen atoms in total. The number of hydrogen-bond donors (Lipinski definition) is 0. The topological polar surface area (TPSA) is 57.0 Å². The van der Waals surface area contributed by atoms with Crippen LogP contribution in [0, 0.1) is 5.92 Å². The fraction of sp³-hybridized carbons (Fsp3) is 0.750. The van der Waals surface area contributed by atoms with E-state index in [1.807, 2.05) is 25.5 Å². The molecule has 2 heterocycles. The van der Waals surface area contributed by atoms with Gasteiger partial charge in [0.15, 0.2) is 0 Å². The minimum absolute atomic E-state index is 0.125. The van der Waals surface area contributed by atoms with E-state index < -0.39 is 5.60 Å².